The number of hydrogen-bond acceptors (Lipinski definition) is 6. The molecule has 2 atom stereocenters. The minimum Gasteiger partial charge on any atom is -0.455 e. The predicted octanol–water partition coefficient (Wildman–Crippen LogP) is 2.49. The number of amides is 3. The third-order valence-electron chi connectivity index (χ3n) is 6.80. The Kier molecular flexibility index (Phi) is 11.2. The van der Waals surface area contributed by atoms with Crippen molar-refractivity contribution in [1.82, 2.24) is 5.32 Å². The van der Waals surface area contributed by atoms with Crippen LogP contribution in [0.25, 0.3) is 0 Å². The van der Waals surface area contributed by atoms with Crippen LogP contribution in [0.4, 0.5) is 10.1 Å². The van der Waals surface area contributed by atoms with E-state index in [2.05, 4.69) is 15.6 Å². The van der Waals surface area contributed by atoms with Crippen molar-refractivity contribution < 1.29 is 23.5 Å². The Labute approximate surface area is 232 Å². The lowest BCUT2D eigenvalue weighted by atomic mass is 9.84. The number of ether oxygens (including phenoxy) is 1. The van der Waals surface area contributed by atoms with Gasteiger partial charge in [-0.2, -0.15) is 0 Å². The van der Waals surface area contributed by atoms with E-state index in [-0.39, 0.29) is 34.6 Å². The molecule has 2 aromatic carbocycles. The van der Waals surface area contributed by atoms with Gasteiger partial charge in [-0.1, -0.05) is 32.1 Å². The molecule has 1 aliphatic rings. The summed E-state index contributed by atoms with van der Waals surface area (Å²) < 4.78 is 19.2. The van der Waals surface area contributed by atoms with Crippen LogP contribution in [0.2, 0.25) is 0 Å². The van der Waals surface area contributed by atoms with Gasteiger partial charge in [-0.05, 0) is 67.6 Å². The summed E-state index contributed by atoms with van der Waals surface area (Å²) in [5.74, 6) is -1.37. The van der Waals surface area contributed by atoms with Gasteiger partial charge in [0, 0.05) is 12.1 Å². The number of guanidine groups is 1. The molecule has 3 rings (SSSR count). The maximum absolute atomic E-state index is 13.5. The predicted molar refractivity (Wildman–Crippen MR) is 151 cm³/mol. The largest absolute Gasteiger partial charge is 0.455 e. The van der Waals surface area contributed by atoms with Crippen molar-refractivity contribution in [1.29, 1.82) is 0 Å². The van der Waals surface area contributed by atoms with Crippen LogP contribution < -0.4 is 38.3 Å². The summed E-state index contributed by atoms with van der Waals surface area (Å²) in [6.07, 6.45) is 6.52. The number of rotatable bonds is 13. The number of benzene rings is 2. The molecule has 0 radical (unpaired) electrons. The zero-order valence-corrected chi connectivity index (χ0v) is 22.4. The van der Waals surface area contributed by atoms with E-state index < -0.39 is 35.6 Å². The highest BCUT2D eigenvalue weighted by Gasteiger charge is 2.28. The fourth-order valence-corrected chi connectivity index (χ4v) is 4.63. The molecular formula is C28H38FN7O4. The first-order valence-corrected chi connectivity index (χ1v) is 13.4. The molecule has 3 amide bonds. The number of hydrogen-bond donors (Lipinski definition) is 6. The van der Waals surface area contributed by atoms with Crippen LogP contribution in [0.15, 0.2) is 47.5 Å². The molecule has 40 heavy (non-hydrogen) atoms. The van der Waals surface area contributed by atoms with Crippen LogP contribution in [0.3, 0.4) is 0 Å². The third kappa shape index (κ3) is 9.53. The van der Waals surface area contributed by atoms with Gasteiger partial charge < -0.3 is 38.3 Å². The Bertz CT molecular complexity index is 1200. The molecule has 1 fully saturated rings. The first-order chi connectivity index (χ1) is 19.1. The summed E-state index contributed by atoms with van der Waals surface area (Å²) in [6, 6.07) is 7.92. The fraction of sp³-hybridized carbons (Fsp3) is 0.429. The molecule has 0 aliphatic heterocycles. The van der Waals surface area contributed by atoms with Crippen LogP contribution in [-0.2, 0) is 9.59 Å². The molecule has 0 saturated heterocycles. The molecular weight excluding hydrogens is 517 g/mol. The number of nitrogens with one attached hydrogen (secondary N) is 2. The van der Waals surface area contributed by atoms with E-state index >= 15 is 0 Å². The minimum absolute atomic E-state index is 0.0334. The maximum Gasteiger partial charge on any atom is 0.248 e. The monoisotopic (exact) mass is 555 g/mol. The molecule has 216 valence electrons. The second-order valence-electron chi connectivity index (χ2n) is 9.98. The average Bonchev–Trinajstić information content (AvgIpc) is 2.93. The van der Waals surface area contributed by atoms with Gasteiger partial charge in [0.05, 0.1) is 11.7 Å². The number of halogens is 1. The maximum atomic E-state index is 13.5. The quantitative estimate of drug-likeness (QED) is 0.124. The number of carbonyl (C=O) groups excluding carboxylic acids is 3. The van der Waals surface area contributed by atoms with E-state index in [0.717, 1.165) is 32.1 Å². The van der Waals surface area contributed by atoms with E-state index in [1.807, 2.05) is 0 Å². The molecule has 0 aromatic heterocycles. The number of primary amides is 1. The second-order valence-corrected chi connectivity index (χ2v) is 9.98. The number of nitrogens with zero attached hydrogens (tertiary/aromatic N) is 1. The Balaban J connectivity index is 1.77. The van der Waals surface area contributed by atoms with Gasteiger partial charge in [0.1, 0.15) is 17.6 Å². The van der Waals surface area contributed by atoms with Gasteiger partial charge in [-0.3, -0.25) is 19.4 Å². The van der Waals surface area contributed by atoms with E-state index in [0.29, 0.717) is 25.8 Å². The van der Waals surface area contributed by atoms with E-state index in [1.165, 1.54) is 42.5 Å². The topological polar surface area (TPSA) is 201 Å². The standard InChI is InChI=1S/C28H38FN7O4/c29-19-9-11-20(12-10-19)40-24-16-18(25(31)37)8-13-22(24)35-27(39)23(15-17-5-2-1-3-6-17)36-26(38)21(30)7-4-14-34-28(32)33/h8-13,16-17,21,23H,1-7,14-15,30H2,(H2,31,37)(H,35,39)(H,36,38)(H4,32,33,34)/t21-,23-/m0/s1. The molecule has 1 saturated carbocycles. The normalized spacial score (nSPS) is 14.9. The lowest BCUT2D eigenvalue weighted by Gasteiger charge is -2.27. The summed E-state index contributed by atoms with van der Waals surface area (Å²) in [5.41, 5.74) is 22.6. The van der Waals surface area contributed by atoms with Crippen molar-refractivity contribution in [2.45, 2.75) is 63.5 Å². The molecule has 2 aromatic rings. The molecule has 0 heterocycles. The van der Waals surface area contributed by atoms with Crippen molar-refractivity contribution in [3.05, 3.63) is 53.8 Å². The molecule has 11 nitrogen and oxygen atoms in total. The molecule has 1 aliphatic carbocycles. The van der Waals surface area contributed by atoms with Crippen molar-refractivity contribution in [3.63, 3.8) is 0 Å². The van der Waals surface area contributed by atoms with Gasteiger partial charge in [0.2, 0.25) is 17.7 Å². The number of aliphatic imine (C=N–C) groups is 1. The molecule has 12 heteroatoms. The Morgan fingerprint density at radius 2 is 1.70 bits per heavy atom. The molecule has 0 unspecified atom stereocenters. The summed E-state index contributed by atoms with van der Waals surface area (Å²) >= 11 is 0. The summed E-state index contributed by atoms with van der Waals surface area (Å²) in [6.45, 7) is 0.341. The fourth-order valence-electron chi connectivity index (χ4n) is 4.63. The minimum atomic E-state index is -0.853. The van der Waals surface area contributed by atoms with Crippen molar-refractivity contribution >= 4 is 29.4 Å². The third-order valence-corrected chi connectivity index (χ3v) is 6.80. The van der Waals surface area contributed by atoms with Gasteiger partial charge in [0.15, 0.2) is 11.7 Å². The highest BCUT2D eigenvalue weighted by molar-refractivity contribution is 6.00. The van der Waals surface area contributed by atoms with Gasteiger partial charge in [-0.15, -0.1) is 0 Å². The lowest BCUT2D eigenvalue weighted by molar-refractivity contribution is -0.127. The van der Waals surface area contributed by atoms with E-state index in [1.54, 1.807) is 0 Å². The average molecular weight is 556 g/mol. The van der Waals surface area contributed by atoms with Crippen molar-refractivity contribution in [2.24, 2.45) is 33.8 Å². The van der Waals surface area contributed by atoms with Crippen LogP contribution in [-0.4, -0.2) is 42.3 Å². The number of carbonyl (C=O) groups is 3. The van der Waals surface area contributed by atoms with Crippen LogP contribution in [0.1, 0.15) is 61.7 Å². The lowest BCUT2D eigenvalue weighted by Crippen LogP contribution is -2.50. The first-order valence-electron chi connectivity index (χ1n) is 13.4. The Morgan fingerprint density at radius 3 is 2.35 bits per heavy atom. The van der Waals surface area contributed by atoms with E-state index in [9.17, 15) is 18.8 Å². The van der Waals surface area contributed by atoms with E-state index in [4.69, 9.17) is 27.7 Å². The first kappa shape index (κ1) is 30.4. The van der Waals surface area contributed by atoms with Gasteiger partial charge in [-0.25, -0.2) is 4.39 Å². The highest BCUT2D eigenvalue weighted by atomic mass is 19.1. The SMILES string of the molecule is NC(=O)c1ccc(NC(=O)[C@H](CC2CCCCC2)NC(=O)[C@@H](N)CCCN=C(N)N)c(Oc2ccc(F)cc2)c1. The number of nitrogens with two attached hydrogens (primary N) is 4. The summed E-state index contributed by atoms with van der Waals surface area (Å²) in [7, 11) is 0. The highest BCUT2D eigenvalue weighted by Crippen LogP contribution is 2.32. The zero-order valence-electron chi connectivity index (χ0n) is 22.4. The molecule has 10 N–H and O–H groups in total. The Hall–Kier alpha value is -4.19. The van der Waals surface area contributed by atoms with Crippen LogP contribution in [0, 0.1) is 11.7 Å². The van der Waals surface area contributed by atoms with Gasteiger partial charge in [0.25, 0.3) is 0 Å². The second kappa shape index (κ2) is 14.8. The summed E-state index contributed by atoms with van der Waals surface area (Å²) in [4.78, 5) is 42.1. The van der Waals surface area contributed by atoms with Crippen molar-refractivity contribution in [2.75, 3.05) is 11.9 Å². The number of anilines is 1. The molecule has 0 spiro atoms. The summed E-state index contributed by atoms with van der Waals surface area (Å²) in [5, 5.41) is 5.64. The smallest absolute Gasteiger partial charge is 0.248 e. The van der Waals surface area contributed by atoms with Crippen molar-refractivity contribution in [3.8, 4) is 11.5 Å². The Morgan fingerprint density at radius 1 is 1.00 bits per heavy atom. The van der Waals surface area contributed by atoms with Crippen LogP contribution in [0.5, 0.6) is 11.5 Å². The molecule has 0 bridgehead atoms. The zero-order chi connectivity index (χ0) is 29.1. The van der Waals surface area contributed by atoms with Gasteiger partial charge >= 0.3 is 0 Å². The van der Waals surface area contributed by atoms with Crippen LogP contribution >= 0.6 is 0 Å².